The van der Waals surface area contributed by atoms with Crippen molar-refractivity contribution in [1.29, 1.82) is 0 Å². The van der Waals surface area contributed by atoms with Gasteiger partial charge in [0.05, 0.1) is 0 Å². The third-order valence-electron chi connectivity index (χ3n) is 3.83. The first kappa shape index (κ1) is 15.7. The van der Waals surface area contributed by atoms with Crippen LogP contribution in [0.2, 0.25) is 0 Å². The molecule has 1 aromatic rings. The summed E-state index contributed by atoms with van der Waals surface area (Å²) in [6.45, 7) is 7.22. The minimum absolute atomic E-state index is 0.441. The maximum absolute atomic E-state index is 11.1. The molecule has 2 rings (SSSR count). The van der Waals surface area contributed by atoms with Crippen LogP contribution >= 0.6 is 0 Å². The van der Waals surface area contributed by atoms with Gasteiger partial charge in [-0.2, -0.15) is 0 Å². The zero-order valence-corrected chi connectivity index (χ0v) is 12.5. The van der Waals surface area contributed by atoms with Gasteiger partial charge in [-0.3, -0.25) is 9.69 Å². The van der Waals surface area contributed by atoms with Gasteiger partial charge in [-0.05, 0) is 25.1 Å². The van der Waals surface area contributed by atoms with Crippen molar-refractivity contribution in [3.63, 3.8) is 0 Å². The number of carboxylic acid groups (broad SMARTS) is 1. The average molecular weight is 292 g/mol. The molecule has 116 valence electrons. The van der Waals surface area contributed by atoms with Crippen LogP contribution in [0.15, 0.2) is 24.4 Å². The minimum Gasteiger partial charge on any atom is -0.480 e. The van der Waals surface area contributed by atoms with Crippen molar-refractivity contribution in [1.82, 2.24) is 15.2 Å². The van der Waals surface area contributed by atoms with Gasteiger partial charge in [0.15, 0.2) is 0 Å². The van der Waals surface area contributed by atoms with E-state index in [1.165, 1.54) is 0 Å². The number of carbonyl (C=O) groups is 1. The fraction of sp³-hybridized carbons (Fsp3) is 0.600. The van der Waals surface area contributed by atoms with E-state index in [0.717, 1.165) is 38.5 Å². The van der Waals surface area contributed by atoms with Gasteiger partial charge in [-0.25, -0.2) is 4.98 Å². The summed E-state index contributed by atoms with van der Waals surface area (Å²) in [6, 6.07) is 5.51. The largest absolute Gasteiger partial charge is 0.480 e. The van der Waals surface area contributed by atoms with Crippen molar-refractivity contribution in [2.45, 2.75) is 19.4 Å². The molecule has 0 spiro atoms. The number of hydrogen-bond donors (Lipinski definition) is 2. The highest BCUT2D eigenvalue weighted by atomic mass is 16.4. The predicted octanol–water partition coefficient (Wildman–Crippen LogP) is 0.656. The number of aromatic nitrogens is 1. The van der Waals surface area contributed by atoms with Gasteiger partial charge in [0.1, 0.15) is 11.9 Å². The molecule has 1 aliphatic rings. The van der Waals surface area contributed by atoms with Crippen LogP contribution < -0.4 is 10.2 Å². The molecule has 0 aromatic carbocycles. The van der Waals surface area contributed by atoms with Gasteiger partial charge < -0.3 is 15.3 Å². The summed E-state index contributed by atoms with van der Waals surface area (Å²) >= 11 is 0. The Morgan fingerprint density at radius 1 is 1.38 bits per heavy atom. The Bertz CT molecular complexity index is 433. The average Bonchev–Trinajstić information content (AvgIpc) is 2.52. The second-order valence-electron chi connectivity index (χ2n) is 5.25. The zero-order chi connectivity index (χ0) is 15.1. The molecule has 6 heteroatoms. The molecule has 0 saturated carbocycles. The van der Waals surface area contributed by atoms with Crippen molar-refractivity contribution in [2.75, 3.05) is 44.2 Å². The van der Waals surface area contributed by atoms with Crippen LogP contribution in [-0.2, 0) is 4.79 Å². The van der Waals surface area contributed by atoms with Crippen LogP contribution in [0.25, 0.3) is 0 Å². The molecule has 1 unspecified atom stereocenters. The smallest absolute Gasteiger partial charge is 0.320 e. The fourth-order valence-corrected chi connectivity index (χ4v) is 2.61. The van der Waals surface area contributed by atoms with Gasteiger partial charge >= 0.3 is 5.97 Å². The molecule has 0 aliphatic carbocycles. The molecule has 1 fully saturated rings. The summed E-state index contributed by atoms with van der Waals surface area (Å²) in [5, 5.41) is 12.1. The summed E-state index contributed by atoms with van der Waals surface area (Å²) in [5.41, 5.74) is 0. The third kappa shape index (κ3) is 4.68. The second kappa shape index (κ2) is 7.95. The molecule has 2 N–H and O–H groups in total. The maximum Gasteiger partial charge on any atom is 0.320 e. The Balaban J connectivity index is 1.75. The molecule has 1 atom stereocenters. The van der Waals surface area contributed by atoms with Crippen LogP contribution in [0.1, 0.15) is 13.3 Å². The van der Waals surface area contributed by atoms with E-state index in [1.807, 2.05) is 31.3 Å². The van der Waals surface area contributed by atoms with E-state index in [2.05, 4.69) is 20.1 Å². The normalized spacial score (nSPS) is 17.7. The zero-order valence-electron chi connectivity index (χ0n) is 12.5. The van der Waals surface area contributed by atoms with E-state index in [1.54, 1.807) is 0 Å². The van der Waals surface area contributed by atoms with Crippen molar-refractivity contribution < 1.29 is 9.90 Å². The summed E-state index contributed by atoms with van der Waals surface area (Å²) in [6.07, 6.45) is 2.46. The lowest BCUT2D eigenvalue weighted by molar-refractivity contribution is -0.139. The topological polar surface area (TPSA) is 68.7 Å². The van der Waals surface area contributed by atoms with E-state index in [-0.39, 0.29) is 0 Å². The molecule has 1 saturated heterocycles. The maximum atomic E-state index is 11.1. The number of carboxylic acids is 1. The molecule has 0 bridgehead atoms. The van der Waals surface area contributed by atoms with Crippen molar-refractivity contribution in [2.24, 2.45) is 0 Å². The summed E-state index contributed by atoms with van der Waals surface area (Å²) in [5.74, 6) is 0.261. The number of pyridine rings is 1. The first-order valence-electron chi connectivity index (χ1n) is 7.55. The lowest BCUT2D eigenvalue weighted by Gasteiger charge is -2.35. The number of aliphatic carboxylic acids is 1. The van der Waals surface area contributed by atoms with Gasteiger partial charge in [0.25, 0.3) is 0 Å². The molecule has 0 amide bonds. The van der Waals surface area contributed by atoms with Crippen LogP contribution in [0.3, 0.4) is 0 Å². The number of likely N-dealkylation sites (N-methyl/N-ethyl adjacent to an activating group) is 1. The number of anilines is 1. The van der Waals surface area contributed by atoms with Crippen molar-refractivity contribution in [3.8, 4) is 0 Å². The predicted molar refractivity (Wildman–Crippen MR) is 82.6 cm³/mol. The molecular weight excluding hydrogens is 268 g/mol. The lowest BCUT2D eigenvalue weighted by atomic mass is 10.2. The summed E-state index contributed by atoms with van der Waals surface area (Å²) < 4.78 is 0. The molecule has 0 radical (unpaired) electrons. The quantitative estimate of drug-likeness (QED) is 0.769. The van der Waals surface area contributed by atoms with Crippen LogP contribution in [0.5, 0.6) is 0 Å². The lowest BCUT2D eigenvalue weighted by Crippen LogP contribution is -2.48. The molecule has 6 nitrogen and oxygen atoms in total. The third-order valence-corrected chi connectivity index (χ3v) is 3.83. The van der Waals surface area contributed by atoms with Gasteiger partial charge in [0.2, 0.25) is 0 Å². The molecular formula is C15H24N4O2. The van der Waals surface area contributed by atoms with Gasteiger partial charge in [0, 0.05) is 38.9 Å². The highest BCUT2D eigenvalue weighted by Gasteiger charge is 2.21. The number of hydrogen-bond acceptors (Lipinski definition) is 5. The Morgan fingerprint density at radius 2 is 2.14 bits per heavy atom. The Kier molecular flexibility index (Phi) is 5.95. The fourth-order valence-electron chi connectivity index (χ4n) is 2.61. The SMILES string of the molecule is CCNC(CCN1CCN(c2ccccn2)CC1)C(=O)O. The molecule has 1 aliphatic heterocycles. The monoisotopic (exact) mass is 292 g/mol. The number of nitrogens with zero attached hydrogens (tertiary/aromatic N) is 3. The van der Waals surface area contributed by atoms with Crippen LogP contribution in [0.4, 0.5) is 5.82 Å². The van der Waals surface area contributed by atoms with Crippen molar-refractivity contribution in [3.05, 3.63) is 24.4 Å². The first-order chi connectivity index (χ1) is 10.2. The van der Waals surface area contributed by atoms with E-state index < -0.39 is 12.0 Å². The molecule has 21 heavy (non-hydrogen) atoms. The molecule has 1 aromatic heterocycles. The highest BCUT2D eigenvalue weighted by Crippen LogP contribution is 2.12. The Hall–Kier alpha value is -1.66. The van der Waals surface area contributed by atoms with Gasteiger partial charge in [-0.1, -0.05) is 13.0 Å². The van der Waals surface area contributed by atoms with Gasteiger partial charge in [-0.15, -0.1) is 0 Å². The van der Waals surface area contributed by atoms with E-state index >= 15 is 0 Å². The number of rotatable bonds is 7. The first-order valence-corrected chi connectivity index (χ1v) is 7.55. The highest BCUT2D eigenvalue weighted by molar-refractivity contribution is 5.73. The number of nitrogens with one attached hydrogen (secondary N) is 1. The van der Waals surface area contributed by atoms with E-state index in [9.17, 15) is 4.79 Å². The van der Waals surface area contributed by atoms with Crippen LogP contribution in [-0.4, -0.2) is 66.3 Å². The van der Waals surface area contributed by atoms with Crippen LogP contribution in [0, 0.1) is 0 Å². The van der Waals surface area contributed by atoms with E-state index in [0.29, 0.717) is 13.0 Å². The second-order valence-corrected chi connectivity index (χ2v) is 5.25. The van der Waals surface area contributed by atoms with Crippen molar-refractivity contribution >= 4 is 11.8 Å². The summed E-state index contributed by atoms with van der Waals surface area (Å²) in [4.78, 5) is 20.1. The number of piperazine rings is 1. The Morgan fingerprint density at radius 3 is 2.71 bits per heavy atom. The summed E-state index contributed by atoms with van der Waals surface area (Å²) in [7, 11) is 0. The molecule has 2 heterocycles. The minimum atomic E-state index is -0.760. The standard InChI is InChI=1S/C15H24N4O2/c1-2-16-13(15(20)21)6-8-18-9-11-19(12-10-18)14-5-3-4-7-17-14/h3-5,7,13,16H,2,6,8-12H2,1H3,(H,20,21). The van der Waals surface area contributed by atoms with E-state index in [4.69, 9.17) is 5.11 Å². The Labute approximate surface area is 125 Å².